The monoisotopic (exact) mass is 224 g/mol. The third-order valence-electron chi connectivity index (χ3n) is 1.66. The topological polar surface area (TPSA) is 42.9 Å². The zero-order valence-corrected chi connectivity index (χ0v) is 8.55. The first-order valence-corrected chi connectivity index (χ1v) is 5.08. The van der Waals surface area contributed by atoms with E-state index in [4.69, 9.17) is 11.6 Å². The van der Waals surface area contributed by atoms with Gasteiger partial charge in [-0.2, -0.15) is 0 Å². The van der Waals surface area contributed by atoms with Crippen LogP contribution in [0, 0.1) is 0 Å². The van der Waals surface area contributed by atoms with Crippen LogP contribution in [-0.4, -0.2) is 16.3 Å². The lowest BCUT2D eigenvalue weighted by Gasteiger charge is -1.94. The number of carbonyl (C=O) groups is 1. The van der Waals surface area contributed by atoms with Gasteiger partial charge >= 0.3 is 0 Å². The third-order valence-corrected chi connectivity index (χ3v) is 2.70. The Labute approximate surface area is 89.4 Å². The van der Waals surface area contributed by atoms with E-state index in [-0.39, 0.29) is 5.28 Å². The fraction of sp³-hybridized carbons (Fsp3) is 0. The van der Waals surface area contributed by atoms with E-state index in [9.17, 15) is 4.79 Å². The average Bonchev–Trinajstić information content (AvgIpc) is 2.66. The number of nitrogens with zero attached hydrogens (tertiary/aromatic N) is 2. The Hall–Kier alpha value is -1.26. The number of hydrogen-bond acceptors (Lipinski definition) is 4. The molecule has 0 fully saturated rings. The van der Waals surface area contributed by atoms with E-state index in [1.54, 1.807) is 18.3 Å². The molecule has 14 heavy (non-hydrogen) atoms. The highest BCUT2D eigenvalue weighted by Crippen LogP contribution is 2.23. The number of thiophene rings is 1. The summed E-state index contributed by atoms with van der Waals surface area (Å²) in [6.07, 6.45) is 2.40. The molecule has 2 rings (SSSR count). The number of hydrogen-bond donors (Lipinski definition) is 0. The molecule has 3 nitrogen and oxygen atoms in total. The van der Waals surface area contributed by atoms with Gasteiger partial charge in [0.2, 0.25) is 5.28 Å². The second kappa shape index (κ2) is 3.86. The molecule has 0 N–H and O–H groups in total. The summed E-state index contributed by atoms with van der Waals surface area (Å²) in [6, 6.07) is 3.53. The minimum Gasteiger partial charge on any atom is -0.297 e. The zero-order chi connectivity index (χ0) is 9.97. The summed E-state index contributed by atoms with van der Waals surface area (Å²) in [6.45, 7) is 0. The molecule has 5 heteroatoms. The molecule has 0 spiro atoms. The number of carbonyl (C=O) groups excluding carboxylic acids is 1. The van der Waals surface area contributed by atoms with E-state index in [0.717, 1.165) is 17.5 Å². The van der Waals surface area contributed by atoms with Crippen molar-refractivity contribution < 1.29 is 4.79 Å². The molecule has 0 bridgehead atoms. The van der Waals surface area contributed by atoms with Crippen molar-refractivity contribution in [2.45, 2.75) is 0 Å². The Morgan fingerprint density at radius 1 is 1.50 bits per heavy atom. The molecule has 0 aromatic carbocycles. The van der Waals surface area contributed by atoms with Gasteiger partial charge in [0, 0.05) is 17.1 Å². The van der Waals surface area contributed by atoms with E-state index in [2.05, 4.69) is 9.97 Å². The van der Waals surface area contributed by atoms with Gasteiger partial charge in [0.1, 0.15) is 0 Å². The van der Waals surface area contributed by atoms with Gasteiger partial charge in [0.25, 0.3) is 0 Å². The minimum atomic E-state index is 0.210. The molecule has 0 aliphatic rings. The number of rotatable bonds is 2. The van der Waals surface area contributed by atoms with Crippen molar-refractivity contribution in [3.8, 4) is 11.3 Å². The summed E-state index contributed by atoms with van der Waals surface area (Å²) >= 11 is 7.03. The van der Waals surface area contributed by atoms with Crippen LogP contribution in [0.5, 0.6) is 0 Å². The van der Waals surface area contributed by atoms with E-state index < -0.39 is 0 Å². The predicted octanol–water partition coefficient (Wildman–Crippen LogP) is 2.67. The molecule has 0 atom stereocenters. The van der Waals surface area contributed by atoms with Crippen LogP contribution in [0.2, 0.25) is 5.28 Å². The van der Waals surface area contributed by atoms with E-state index in [1.807, 2.05) is 5.38 Å². The van der Waals surface area contributed by atoms with Gasteiger partial charge in [-0.1, -0.05) is 0 Å². The zero-order valence-electron chi connectivity index (χ0n) is 6.98. The van der Waals surface area contributed by atoms with Crippen LogP contribution >= 0.6 is 22.9 Å². The van der Waals surface area contributed by atoms with Gasteiger partial charge in [0.15, 0.2) is 6.29 Å². The van der Waals surface area contributed by atoms with E-state index in [1.165, 1.54) is 11.3 Å². The molecule has 0 unspecified atom stereocenters. The first-order chi connectivity index (χ1) is 6.79. The molecule has 0 saturated carbocycles. The summed E-state index contributed by atoms with van der Waals surface area (Å²) < 4.78 is 0. The number of halogens is 1. The van der Waals surface area contributed by atoms with Crippen LogP contribution in [0.25, 0.3) is 11.3 Å². The van der Waals surface area contributed by atoms with Gasteiger partial charge in [-0.3, -0.25) is 4.79 Å². The molecule has 0 amide bonds. The smallest absolute Gasteiger partial charge is 0.222 e. The molecule has 2 aromatic heterocycles. The van der Waals surface area contributed by atoms with Crippen molar-refractivity contribution in [3.05, 3.63) is 33.9 Å². The van der Waals surface area contributed by atoms with Crippen LogP contribution in [0.4, 0.5) is 0 Å². The lowest BCUT2D eigenvalue weighted by Crippen LogP contribution is -1.84. The summed E-state index contributed by atoms with van der Waals surface area (Å²) in [4.78, 5) is 19.0. The summed E-state index contributed by atoms with van der Waals surface area (Å²) in [7, 11) is 0. The molecule has 2 heterocycles. The SMILES string of the molecule is O=Cc1cc(-c2ccnc(Cl)n2)cs1. The van der Waals surface area contributed by atoms with Gasteiger partial charge in [-0.05, 0) is 23.7 Å². The average molecular weight is 225 g/mol. The third kappa shape index (κ3) is 1.81. The maximum absolute atomic E-state index is 10.5. The van der Waals surface area contributed by atoms with Crippen LogP contribution in [0.3, 0.4) is 0 Å². The largest absolute Gasteiger partial charge is 0.297 e. The Morgan fingerprint density at radius 2 is 2.36 bits per heavy atom. The van der Waals surface area contributed by atoms with Crippen LogP contribution in [0.1, 0.15) is 9.67 Å². The first-order valence-electron chi connectivity index (χ1n) is 3.82. The van der Waals surface area contributed by atoms with Gasteiger partial charge in [-0.25, -0.2) is 9.97 Å². The molecular formula is C9H5ClN2OS. The van der Waals surface area contributed by atoms with Crippen molar-refractivity contribution in [2.24, 2.45) is 0 Å². The highest BCUT2D eigenvalue weighted by atomic mass is 35.5. The van der Waals surface area contributed by atoms with Crippen LogP contribution in [-0.2, 0) is 0 Å². The van der Waals surface area contributed by atoms with Crippen LogP contribution < -0.4 is 0 Å². The van der Waals surface area contributed by atoms with Crippen molar-refractivity contribution in [3.63, 3.8) is 0 Å². The fourth-order valence-electron chi connectivity index (χ4n) is 1.04. The lowest BCUT2D eigenvalue weighted by molar-refractivity contribution is 0.112. The first kappa shape index (κ1) is 9.30. The second-order valence-corrected chi connectivity index (χ2v) is 3.85. The minimum absolute atomic E-state index is 0.210. The normalized spacial score (nSPS) is 10.1. The molecule has 0 aliphatic heterocycles. The highest BCUT2D eigenvalue weighted by Gasteiger charge is 2.03. The Bertz CT molecular complexity index is 469. The Kier molecular flexibility index (Phi) is 2.56. The molecule has 70 valence electrons. The van der Waals surface area contributed by atoms with Crippen molar-refractivity contribution in [2.75, 3.05) is 0 Å². The fourth-order valence-corrected chi connectivity index (χ4v) is 1.89. The molecular weight excluding hydrogens is 220 g/mol. The Morgan fingerprint density at radius 3 is 3.00 bits per heavy atom. The summed E-state index contributed by atoms with van der Waals surface area (Å²) in [5.74, 6) is 0. The van der Waals surface area contributed by atoms with Gasteiger partial charge < -0.3 is 0 Å². The number of aldehydes is 1. The van der Waals surface area contributed by atoms with Crippen molar-refractivity contribution in [1.82, 2.24) is 9.97 Å². The standard InChI is InChI=1S/C9H5ClN2OS/c10-9-11-2-1-8(12-9)6-3-7(4-13)14-5-6/h1-5H. The maximum Gasteiger partial charge on any atom is 0.222 e. The summed E-state index contributed by atoms with van der Waals surface area (Å²) in [5, 5.41) is 2.07. The van der Waals surface area contributed by atoms with Crippen LogP contribution in [0.15, 0.2) is 23.7 Å². The second-order valence-electron chi connectivity index (χ2n) is 2.57. The Balaban J connectivity index is 2.43. The van der Waals surface area contributed by atoms with Crippen molar-refractivity contribution >= 4 is 29.2 Å². The number of aromatic nitrogens is 2. The summed E-state index contributed by atoms with van der Waals surface area (Å²) in [5.41, 5.74) is 1.62. The molecule has 0 aliphatic carbocycles. The predicted molar refractivity (Wildman–Crippen MR) is 55.7 cm³/mol. The van der Waals surface area contributed by atoms with E-state index in [0.29, 0.717) is 4.88 Å². The quantitative estimate of drug-likeness (QED) is 0.582. The van der Waals surface area contributed by atoms with Crippen molar-refractivity contribution in [1.29, 1.82) is 0 Å². The highest BCUT2D eigenvalue weighted by molar-refractivity contribution is 7.12. The van der Waals surface area contributed by atoms with Gasteiger partial charge in [-0.15, -0.1) is 11.3 Å². The van der Waals surface area contributed by atoms with E-state index >= 15 is 0 Å². The lowest BCUT2D eigenvalue weighted by atomic mass is 10.2. The maximum atomic E-state index is 10.5. The molecule has 2 aromatic rings. The molecule has 0 radical (unpaired) electrons. The van der Waals surface area contributed by atoms with Gasteiger partial charge in [0.05, 0.1) is 10.6 Å². The molecule has 0 saturated heterocycles.